The SMILES string of the molecule is Nc1ccccc1NC(=O)CCCCCCC(=O)NCc1cccc(-c2cccc([C@H]3O[C@@H](CN4CCC5(CC4)OCCO5)C[C@@H](c4ccc(CO)cc4)O3)c2)c1. The van der Waals surface area contributed by atoms with Crippen molar-refractivity contribution in [1.82, 2.24) is 10.2 Å². The number of carbonyl (C=O) groups is 2. The summed E-state index contributed by atoms with van der Waals surface area (Å²) in [6.07, 6.45) is 5.83. The number of hydrogen-bond acceptors (Lipinski definition) is 9. The largest absolute Gasteiger partial charge is 0.397 e. The van der Waals surface area contributed by atoms with Crippen LogP contribution in [0.25, 0.3) is 11.1 Å². The Morgan fingerprint density at radius 1 is 0.754 bits per heavy atom. The molecule has 3 fully saturated rings. The van der Waals surface area contributed by atoms with Gasteiger partial charge < -0.3 is 45.3 Å². The highest BCUT2D eigenvalue weighted by molar-refractivity contribution is 5.93. The maximum absolute atomic E-state index is 12.7. The van der Waals surface area contributed by atoms with Crippen LogP contribution in [0.3, 0.4) is 0 Å². The first-order valence-corrected chi connectivity index (χ1v) is 20.5. The Labute approximate surface area is 335 Å². The second-order valence-corrected chi connectivity index (χ2v) is 15.4. The number of nitrogens with one attached hydrogen (secondary N) is 2. The van der Waals surface area contributed by atoms with Crippen molar-refractivity contribution in [1.29, 1.82) is 0 Å². The highest BCUT2D eigenvalue weighted by Crippen LogP contribution is 2.40. The van der Waals surface area contributed by atoms with E-state index < -0.39 is 12.1 Å². The van der Waals surface area contributed by atoms with E-state index in [2.05, 4.69) is 45.9 Å². The molecule has 0 bridgehead atoms. The zero-order valence-electron chi connectivity index (χ0n) is 32.7. The zero-order valence-corrected chi connectivity index (χ0v) is 32.7. The lowest BCUT2D eigenvalue weighted by molar-refractivity contribution is -0.255. The summed E-state index contributed by atoms with van der Waals surface area (Å²) in [6, 6.07) is 31.8. The third kappa shape index (κ3) is 11.3. The van der Waals surface area contributed by atoms with Gasteiger partial charge in [-0.3, -0.25) is 9.59 Å². The van der Waals surface area contributed by atoms with Gasteiger partial charge in [-0.25, -0.2) is 0 Å². The van der Waals surface area contributed by atoms with Crippen LogP contribution in [-0.4, -0.2) is 66.6 Å². The molecule has 0 unspecified atom stereocenters. The van der Waals surface area contributed by atoms with E-state index in [0.29, 0.717) is 44.0 Å². The maximum atomic E-state index is 12.7. The molecule has 57 heavy (non-hydrogen) atoms. The fraction of sp³-hybridized carbons (Fsp3) is 0.435. The van der Waals surface area contributed by atoms with Gasteiger partial charge in [0.2, 0.25) is 11.8 Å². The fourth-order valence-electron chi connectivity index (χ4n) is 7.95. The average Bonchev–Trinajstić information content (AvgIpc) is 3.71. The molecule has 3 atom stereocenters. The van der Waals surface area contributed by atoms with Crippen LogP contribution in [0.4, 0.5) is 11.4 Å². The van der Waals surface area contributed by atoms with E-state index in [1.54, 1.807) is 12.1 Å². The summed E-state index contributed by atoms with van der Waals surface area (Å²) in [5, 5.41) is 15.6. The Hall–Kier alpha value is -4.62. The van der Waals surface area contributed by atoms with Crippen molar-refractivity contribution in [2.75, 3.05) is 43.9 Å². The number of carbonyl (C=O) groups excluding carboxylic acids is 2. The second-order valence-electron chi connectivity index (χ2n) is 15.4. The van der Waals surface area contributed by atoms with Gasteiger partial charge in [0.05, 0.1) is 43.4 Å². The van der Waals surface area contributed by atoms with Gasteiger partial charge in [0, 0.05) is 63.8 Å². The zero-order chi connectivity index (χ0) is 39.5. The first-order chi connectivity index (χ1) is 27.8. The number of amides is 2. The van der Waals surface area contributed by atoms with Crippen LogP contribution < -0.4 is 16.4 Å². The summed E-state index contributed by atoms with van der Waals surface area (Å²) >= 11 is 0. The van der Waals surface area contributed by atoms with Gasteiger partial charge in [-0.2, -0.15) is 0 Å². The van der Waals surface area contributed by atoms with Crippen molar-refractivity contribution in [3.8, 4) is 11.1 Å². The highest BCUT2D eigenvalue weighted by Gasteiger charge is 2.41. The maximum Gasteiger partial charge on any atom is 0.224 e. The normalized spacial score (nSPS) is 20.7. The predicted octanol–water partition coefficient (Wildman–Crippen LogP) is 7.41. The molecule has 3 aliphatic rings. The number of anilines is 2. The quantitative estimate of drug-likeness (QED) is 0.0676. The summed E-state index contributed by atoms with van der Waals surface area (Å²) in [6.45, 7) is 4.35. The number of nitrogen functional groups attached to an aromatic ring is 1. The van der Waals surface area contributed by atoms with Gasteiger partial charge >= 0.3 is 0 Å². The fourth-order valence-corrected chi connectivity index (χ4v) is 7.95. The Morgan fingerprint density at radius 3 is 2.19 bits per heavy atom. The van der Waals surface area contributed by atoms with E-state index in [-0.39, 0.29) is 30.6 Å². The van der Waals surface area contributed by atoms with E-state index in [1.165, 1.54) is 0 Å². The van der Waals surface area contributed by atoms with Gasteiger partial charge in [-0.15, -0.1) is 0 Å². The van der Waals surface area contributed by atoms with Gasteiger partial charge in [0.25, 0.3) is 0 Å². The minimum Gasteiger partial charge on any atom is -0.397 e. The molecule has 3 saturated heterocycles. The molecule has 11 nitrogen and oxygen atoms in total. The number of para-hydroxylation sites is 2. The second kappa shape index (κ2) is 19.7. The third-order valence-electron chi connectivity index (χ3n) is 11.2. The first kappa shape index (κ1) is 40.6. The lowest BCUT2D eigenvalue weighted by atomic mass is 9.97. The van der Waals surface area contributed by atoms with Crippen molar-refractivity contribution >= 4 is 23.2 Å². The molecule has 0 radical (unpaired) electrons. The topological polar surface area (TPSA) is 145 Å². The standard InChI is InChI=1S/C46H56N4O7/c47-40-13-5-6-14-41(40)49-44(53)16-4-2-1-3-15-43(52)48-30-34-9-7-10-36(27-34)37-11-8-12-38(28-37)45-56-39(29-42(57-45)35-19-17-33(32-51)18-20-35)31-50-23-21-46(22-24-50)54-25-26-55-46/h5-14,17-20,27-28,39,42,45,51H,1-4,15-16,21-26,29-32,47H2,(H,48,52)(H,49,53)/t39-,42+,45+/m1/s1. The van der Waals surface area contributed by atoms with Gasteiger partial charge in [0.1, 0.15) is 0 Å². The summed E-state index contributed by atoms with van der Waals surface area (Å²) in [4.78, 5) is 27.4. The Balaban J connectivity index is 0.911. The lowest BCUT2D eigenvalue weighted by Crippen LogP contribution is -2.48. The van der Waals surface area contributed by atoms with Gasteiger partial charge in [-0.05, 0) is 64.9 Å². The molecule has 5 N–H and O–H groups in total. The summed E-state index contributed by atoms with van der Waals surface area (Å²) in [7, 11) is 0. The molecule has 3 heterocycles. The molecule has 11 heteroatoms. The van der Waals surface area contributed by atoms with Crippen molar-refractivity contribution in [3.63, 3.8) is 0 Å². The van der Waals surface area contributed by atoms with Crippen molar-refractivity contribution in [3.05, 3.63) is 119 Å². The van der Waals surface area contributed by atoms with Crippen molar-refractivity contribution in [2.45, 2.75) is 95.2 Å². The van der Waals surface area contributed by atoms with E-state index >= 15 is 0 Å². The predicted molar refractivity (Wildman–Crippen MR) is 220 cm³/mol. The van der Waals surface area contributed by atoms with Crippen LogP contribution in [0.15, 0.2) is 97.1 Å². The molecule has 4 aromatic carbocycles. The molecule has 4 aromatic rings. The number of likely N-dealkylation sites (tertiary alicyclic amines) is 1. The van der Waals surface area contributed by atoms with Crippen LogP contribution in [0.2, 0.25) is 0 Å². The van der Waals surface area contributed by atoms with E-state index in [9.17, 15) is 14.7 Å². The number of aliphatic hydroxyl groups excluding tert-OH is 1. The number of ether oxygens (including phenoxy) is 4. The van der Waals surface area contributed by atoms with E-state index in [0.717, 1.165) is 98.0 Å². The number of aliphatic hydroxyl groups is 1. The summed E-state index contributed by atoms with van der Waals surface area (Å²) in [5.41, 5.74) is 13.1. The molecular formula is C46H56N4O7. The van der Waals surface area contributed by atoms with Crippen molar-refractivity contribution in [2.24, 2.45) is 0 Å². The molecular weight excluding hydrogens is 721 g/mol. The minimum atomic E-state index is -0.558. The summed E-state index contributed by atoms with van der Waals surface area (Å²) < 4.78 is 25.3. The molecule has 1 spiro atoms. The van der Waals surface area contributed by atoms with E-state index in [1.807, 2.05) is 54.6 Å². The Morgan fingerprint density at radius 2 is 1.46 bits per heavy atom. The van der Waals surface area contributed by atoms with Gasteiger partial charge in [-0.1, -0.05) is 85.6 Å². The van der Waals surface area contributed by atoms with Crippen molar-refractivity contribution < 1.29 is 33.6 Å². The molecule has 0 aliphatic carbocycles. The molecule has 0 saturated carbocycles. The number of benzene rings is 4. The van der Waals surface area contributed by atoms with Gasteiger partial charge in [0.15, 0.2) is 12.1 Å². The van der Waals surface area contributed by atoms with Crippen LogP contribution in [0.1, 0.15) is 92.4 Å². The molecule has 3 aliphatic heterocycles. The number of hydrogen-bond donors (Lipinski definition) is 4. The minimum absolute atomic E-state index is 0.00135. The van der Waals surface area contributed by atoms with Crippen LogP contribution in [-0.2, 0) is 41.7 Å². The monoisotopic (exact) mass is 776 g/mol. The highest BCUT2D eigenvalue weighted by atomic mass is 16.7. The summed E-state index contributed by atoms with van der Waals surface area (Å²) in [5.74, 6) is -0.448. The Bertz CT molecular complexity index is 1920. The number of nitrogens with zero attached hydrogens (tertiary/aromatic N) is 1. The molecule has 302 valence electrons. The number of rotatable bonds is 16. The van der Waals surface area contributed by atoms with Crippen LogP contribution in [0.5, 0.6) is 0 Å². The first-order valence-electron chi connectivity index (χ1n) is 20.5. The third-order valence-corrected chi connectivity index (χ3v) is 11.2. The molecule has 2 amide bonds. The Kier molecular flexibility index (Phi) is 14.0. The van der Waals surface area contributed by atoms with Crippen LogP contribution in [0, 0.1) is 0 Å². The smallest absolute Gasteiger partial charge is 0.224 e. The number of unbranched alkanes of at least 4 members (excludes halogenated alkanes) is 3. The molecule has 0 aromatic heterocycles. The van der Waals surface area contributed by atoms with E-state index in [4.69, 9.17) is 24.7 Å². The average molecular weight is 777 g/mol. The van der Waals surface area contributed by atoms with Crippen LogP contribution >= 0.6 is 0 Å². The number of piperidine rings is 1. The number of nitrogens with two attached hydrogens (primary N) is 1. The molecule has 7 rings (SSSR count). The lowest BCUT2D eigenvalue weighted by Gasteiger charge is -2.41.